The van der Waals surface area contributed by atoms with Gasteiger partial charge < -0.3 is 5.73 Å². The molecule has 0 aromatic heterocycles. The summed E-state index contributed by atoms with van der Waals surface area (Å²) in [5.74, 6) is -0.882. The number of sulfonamides is 1. The lowest BCUT2D eigenvalue weighted by molar-refractivity contribution is -0.118. The molecule has 102 valence electrons. The van der Waals surface area contributed by atoms with Crippen LogP contribution in [0.25, 0.3) is 0 Å². The summed E-state index contributed by atoms with van der Waals surface area (Å²) in [4.78, 5) is 10.7. The van der Waals surface area contributed by atoms with E-state index in [0.717, 1.165) is 0 Å². The summed E-state index contributed by atoms with van der Waals surface area (Å²) in [6.07, 6.45) is -0.0703. The number of amides is 1. The number of primary amides is 1. The van der Waals surface area contributed by atoms with Gasteiger partial charge in [-0.15, -0.1) is 0 Å². The second-order valence-corrected chi connectivity index (χ2v) is 5.97. The van der Waals surface area contributed by atoms with Gasteiger partial charge in [0.25, 0.3) is 0 Å². The van der Waals surface area contributed by atoms with E-state index in [9.17, 15) is 13.2 Å². The van der Waals surface area contributed by atoms with Crippen molar-refractivity contribution in [1.82, 2.24) is 4.72 Å². The molecule has 0 aliphatic carbocycles. The van der Waals surface area contributed by atoms with Gasteiger partial charge in [-0.05, 0) is 18.6 Å². The van der Waals surface area contributed by atoms with E-state index in [0.29, 0.717) is 11.1 Å². The molecule has 6 nitrogen and oxygen atoms in total. The molecule has 1 amide bonds. The Morgan fingerprint density at radius 3 is 2.68 bits per heavy atom. The third-order valence-electron chi connectivity index (χ3n) is 2.37. The third kappa shape index (κ3) is 5.07. The fraction of sp³-hybridized carbons (Fsp3) is 0.333. The fourth-order valence-corrected chi connectivity index (χ4v) is 3.09. The van der Waals surface area contributed by atoms with E-state index in [2.05, 4.69) is 4.72 Å². The standard InChI is InChI=1S/C12H15N3O3S/c1-9(6-12(14)16)15-19(17,18)8-11-5-3-2-4-10(11)7-13/h2-5,9,15H,6,8H2,1H3,(H2,14,16). The summed E-state index contributed by atoms with van der Waals surface area (Å²) in [5, 5.41) is 8.89. The quantitative estimate of drug-likeness (QED) is 0.777. The van der Waals surface area contributed by atoms with Gasteiger partial charge in [0, 0.05) is 12.5 Å². The Bertz CT molecular complexity index is 605. The van der Waals surface area contributed by atoms with Crippen molar-refractivity contribution in [1.29, 1.82) is 5.26 Å². The predicted octanol–water partition coefficient (Wildman–Crippen LogP) is 0.242. The van der Waals surface area contributed by atoms with Crippen molar-refractivity contribution in [3.05, 3.63) is 35.4 Å². The summed E-state index contributed by atoms with van der Waals surface area (Å²) in [6.45, 7) is 1.55. The first-order valence-electron chi connectivity index (χ1n) is 5.60. The lowest BCUT2D eigenvalue weighted by atomic mass is 10.1. The van der Waals surface area contributed by atoms with E-state index < -0.39 is 22.0 Å². The van der Waals surface area contributed by atoms with Crippen molar-refractivity contribution < 1.29 is 13.2 Å². The van der Waals surface area contributed by atoms with Crippen molar-refractivity contribution in [2.24, 2.45) is 5.73 Å². The van der Waals surface area contributed by atoms with Crippen molar-refractivity contribution in [3.8, 4) is 6.07 Å². The van der Waals surface area contributed by atoms with E-state index in [4.69, 9.17) is 11.0 Å². The molecule has 0 aliphatic rings. The Hall–Kier alpha value is -1.91. The molecule has 0 fully saturated rings. The Kier molecular flexibility index (Phi) is 5.03. The second kappa shape index (κ2) is 6.31. The lowest BCUT2D eigenvalue weighted by Crippen LogP contribution is -2.36. The highest BCUT2D eigenvalue weighted by molar-refractivity contribution is 7.88. The van der Waals surface area contributed by atoms with Crippen LogP contribution >= 0.6 is 0 Å². The van der Waals surface area contributed by atoms with E-state index in [1.165, 1.54) is 0 Å². The molecule has 1 aromatic rings. The summed E-state index contributed by atoms with van der Waals surface area (Å²) < 4.78 is 26.1. The first kappa shape index (κ1) is 15.1. The molecule has 0 saturated carbocycles. The number of nitrogens with zero attached hydrogens (tertiary/aromatic N) is 1. The minimum atomic E-state index is -3.62. The Morgan fingerprint density at radius 1 is 1.47 bits per heavy atom. The van der Waals surface area contributed by atoms with Crippen LogP contribution in [-0.4, -0.2) is 20.4 Å². The molecule has 3 N–H and O–H groups in total. The van der Waals surface area contributed by atoms with Gasteiger partial charge in [-0.25, -0.2) is 13.1 Å². The van der Waals surface area contributed by atoms with Crippen LogP contribution in [-0.2, 0) is 20.6 Å². The van der Waals surface area contributed by atoms with Gasteiger partial charge in [-0.1, -0.05) is 18.2 Å². The van der Waals surface area contributed by atoms with E-state index in [-0.39, 0.29) is 12.2 Å². The molecular weight excluding hydrogens is 266 g/mol. The molecule has 1 aromatic carbocycles. The van der Waals surface area contributed by atoms with Crippen LogP contribution in [0, 0.1) is 11.3 Å². The molecule has 0 spiro atoms. The van der Waals surface area contributed by atoms with Crippen LogP contribution in [0.15, 0.2) is 24.3 Å². The largest absolute Gasteiger partial charge is 0.370 e. The van der Waals surface area contributed by atoms with Gasteiger partial charge in [-0.2, -0.15) is 5.26 Å². The smallest absolute Gasteiger partial charge is 0.219 e. The SMILES string of the molecule is CC(CC(N)=O)NS(=O)(=O)Cc1ccccc1C#N. The molecule has 0 heterocycles. The first-order chi connectivity index (χ1) is 8.84. The monoisotopic (exact) mass is 281 g/mol. The van der Waals surface area contributed by atoms with E-state index >= 15 is 0 Å². The summed E-state index contributed by atoms with van der Waals surface area (Å²) in [5.41, 5.74) is 5.73. The second-order valence-electron chi connectivity index (χ2n) is 4.22. The molecule has 1 rings (SSSR count). The first-order valence-corrected chi connectivity index (χ1v) is 7.25. The number of benzene rings is 1. The predicted molar refractivity (Wildman–Crippen MR) is 70.2 cm³/mol. The number of hydrogen-bond donors (Lipinski definition) is 2. The maximum absolute atomic E-state index is 11.9. The summed E-state index contributed by atoms with van der Waals surface area (Å²) >= 11 is 0. The number of nitrogens with two attached hydrogens (primary N) is 1. The average molecular weight is 281 g/mol. The van der Waals surface area contributed by atoms with Gasteiger partial charge in [0.05, 0.1) is 17.4 Å². The summed E-state index contributed by atoms with van der Waals surface area (Å²) in [7, 11) is -3.62. The molecule has 0 aliphatic heterocycles. The number of nitriles is 1. The molecule has 7 heteroatoms. The number of rotatable bonds is 6. The van der Waals surface area contributed by atoms with E-state index in [1.807, 2.05) is 6.07 Å². The molecule has 0 bridgehead atoms. The number of carbonyl (C=O) groups is 1. The Morgan fingerprint density at radius 2 is 2.11 bits per heavy atom. The number of carbonyl (C=O) groups excluding carboxylic acids is 1. The minimum absolute atomic E-state index is 0.0703. The average Bonchev–Trinajstić information content (AvgIpc) is 2.26. The van der Waals surface area contributed by atoms with Crippen LogP contribution in [0.2, 0.25) is 0 Å². The maximum atomic E-state index is 11.9. The molecule has 0 radical (unpaired) electrons. The van der Waals surface area contributed by atoms with Crippen LogP contribution in [0.5, 0.6) is 0 Å². The third-order valence-corrected chi connectivity index (χ3v) is 3.82. The van der Waals surface area contributed by atoms with Crippen LogP contribution in [0.1, 0.15) is 24.5 Å². The van der Waals surface area contributed by atoms with E-state index in [1.54, 1.807) is 31.2 Å². The highest BCUT2D eigenvalue weighted by Gasteiger charge is 2.18. The van der Waals surface area contributed by atoms with Crippen molar-refractivity contribution >= 4 is 15.9 Å². The Labute approximate surface area is 112 Å². The number of hydrogen-bond acceptors (Lipinski definition) is 4. The lowest BCUT2D eigenvalue weighted by Gasteiger charge is -2.13. The highest BCUT2D eigenvalue weighted by Crippen LogP contribution is 2.11. The van der Waals surface area contributed by atoms with Gasteiger partial charge in [-0.3, -0.25) is 4.79 Å². The zero-order valence-electron chi connectivity index (χ0n) is 10.5. The van der Waals surface area contributed by atoms with Gasteiger partial charge in [0.15, 0.2) is 0 Å². The molecular formula is C12H15N3O3S. The fourth-order valence-electron chi connectivity index (χ4n) is 1.65. The molecule has 19 heavy (non-hydrogen) atoms. The van der Waals surface area contributed by atoms with Gasteiger partial charge in [0.2, 0.25) is 15.9 Å². The Balaban J connectivity index is 2.80. The molecule has 1 unspecified atom stereocenters. The van der Waals surface area contributed by atoms with Crippen molar-refractivity contribution in [3.63, 3.8) is 0 Å². The number of nitrogens with one attached hydrogen (secondary N) is 1. The minimum Gasteiger partial charge on any atom is -0.370 e. The van der Waals surface area contributed by atoms with Crippen LogP contribution in [0.4, 0.5) is 0 Å². The van der Waals surface area contributed by atoms with Crippen molar-refractivity contribution in [2.45, 2.75) is 25.1 Å². The topological polar surface area (TPSA) is 113 Å². The molecule has 0 saturated heterocycles. The van der Waals surface area contributed by atoms with Gasteiger partial charge >= 0.3 is 0 Å². The summed E-state index contributed by atoms with van der Waals surface area (Å²) in [6, 6.07) is 7.83. The maximum Gasteiger partial charge on any atom is 0.219 e. The van der Waals surface area contributed by atoms with Gasteiger partial charge in [0.1, 0.15) is 0 Å². The highest BCUT2D eigenvalue weighted by atomic mass is 32.2. The zero-order chi connectivity index (χ0) is 14.5. The normalized spacial score (nSPS) is 12.6. The molecule has 1 atom stereocenters. The zero-order valence-corrected chi connectivity index (χ0v) is 11.3. The van der Waals surface area contributed by atoms with Crippen LogP contribution < -0.4 is 10.5 Å². The van der Waals surface area contributed by atoms with Crippen molar-refractivity contribution in [2.75, 3.05) is 0 Å². The van der Waals surface area contributed by atoms with Crippen LogP contribution in [0.3, 0.4) is 0 Å².